The molecule has 0 radical (unpaired) electrons. The number of likely N-dealkylation sites (tertiary alicyclic amines) is 1. The van der Waals surface area contributed by atoms with Gasteiger partial charge in [-0.2, -0.15) is 0 Å². The van der Waals surface area contributed by atoms with E-state index in [1.165, 1.54) is 20.0 Å². The first-order chi connectivity index (χ1) is 8.72. The van der Waals surface area contributed by atoms with Crippen LogP contribution in [0.1, 0.15) is 19.3 Å². The van der Waals surface area contributed by atoms with Crippen molar-refractivity contribution < 1.29 is 14.6 Å². The maximum atomic E-state index is 11.7. The number of aliphatic hydroxyl groups is 1. The Labute approximate surface area is 108 Å². The first kappa shape index (κ1) is 13.8. The lowest BCUT2D eigenvalue weighted by Gasteiger charge is -2.36. The SMILES string of the molecule is COC(=O)C1CC(NCC2CC2)CN(CCO)C1. The maximum Gasteiger partial charge on any atom is 0.310 e. The maximum absolute atomic E-state index is 11.7. The van der Waals surface area contributed by atoms with Crippen LogP contribution in [-0.4, -0.2) is 61.9 Å². The number of hydrogen-bond donors (Lipinski definition) is 2. The van der Waals surface area contributed by atoms with E-state index in [2.05, 4.69) is 10.2 Å². The van der Waals surface area contributed by atoms with Gasteiger partial charge in [0, 0.05) is 25.7 Å². The molecule has 1 saturated heterocycles. The van der Waals surface area contributed by atoms with Gasteiger partial charge in [0.25, 0.3) is 0 Å². The lowest BCUT2D eigenvalue weighted by Crippen LogP contribution is -2.52. The molecule has 104 valence electrons. The molecule has 0 aromatic carbocycles. The van der Waals surface area contributed by atoms with Gasteiger partial charge in [0.05, 0.1) is 19.6 Å². The second-order valence-corrected chi connectivity index (χ2v) is 5.49. The quantitative estimate of drug-likeness (QED) is 0.647. The van der Waals surface area contributed by atoms with Gasteiger partial charge in [-0.3, -0.25) is 9.69 Å². The van der Waals surface area contributed by atoms with E-state index in [4.69, 9.17) is 9.84 Å². The molecule has 2 N–H and O–H groups in total. The van der Waals surface area contributed by atoms with Gasteiger partial charge < -0.3 is 15.2 Å². The van der Waals surface area contributed by atoms with Gasteiger partial charge in [0.2, 0.25) is 0 Å². The molecule has 1 aliphatic carbocycles. The number of hydrogen-bond acceptors (Lipinski definition) is 5. The monoisotopic (exact) mass is 256 g/mol. The Kier molecular flexibility index (Phi) is 4.97. The molecule has 1 aliphatic heterocycles. The van der Waals surface area contributed by atoms with E-state index in [9.17, 15) is 4.79 Å². The number of rotatable bonds is 6. The summed E-state index contributed by atoms with van der Waals surface area (Å²) in [6, 6.07) is 0.343. The summed E-state index contributed by atoms with van der Waals surface area (Å²) >= 11 is 0. The lowest BCUT2D eigenvalue weighted by atomic mass is 9.94. The highest BCUT2D eigenvalue weighted by Gasteiger charge is 2.32. The number of methoxy groups -OCH3 is 1. The third-order valence-corrected chi connectivity index (χ3v) is 3.87. The summed E-state index contributed by atoms with van der Waals surface area (Å²) in [7, 11) is 1.44. The van der Waals surface area contributed by atoms with Crippen LogP contribution in [0.2, 0.25) is 0 Å². The number of ether oxygens (including phenoxy) is 1. The van der Waals surface area contributed by atoms with E-state index >= 15 is 0 Å². The summed E-state index contributed by atoms with van der Waals surface area (Å²) in [6.45, 7) is 3.46. The van der Waals surface area contributed by atoms with Crippen molar-refractivity contribution in [1.29, 1.82) is 0 Å². The molecule has 2 fully saturated rings. The largest absolute Gasteiger partial charge is 0.469 e. The average Bonchev–Trinajstić information content (AvgIpc) is 3.19. The first-order valence-electron chi connectivity index (χ1n) is 6.87. The predicted molar refractivity (Wildman–Crippen MR) is 68.2 cm³/mol. The fourth-order valence-corrected chi connectivity index (χ4v) is 2.66. The minimum Gasteiger partial charge on any atom is -0.469 e. The Balaban J connectivity index is 1.85. The Morgan fingerprint density at radius 2 is 2.22 bits per heavy atom. The molecule has 1 saturated carbocycles. The highest BCUT2D eigenvalue weighted by atomic mass is 16.5. The van der Waals surface area contributed by atoms with E-state index in [-0.39, 0.29) is 18.5 Å². The van der Waals surface area contributed by atoms with Crippen LogP contribution in [0.3, 0.4) is 0 Å². The van der Waals surface area contributed by atoms with Crippen molar-refractivity contribution in [3.8, 4) is 0 Å². The number of nitrogens with zero attached hydrogens (tertiary/aromatic N) is 1. The second kappa shape index (κ2) is 6.50. The van der Waals surface area contributed by atoms with Crippen LogP contribution >= 0.6 is 0 Å². The Bertz CT molecular complexity index is 281. The molecule has 0 spiro atoms. The highest BCUT2D eigenvalue weighted by Crippen LogP contribution is 2.28. The number of β-amino-alcohol motifs (C(OH)–C–C–N with tert-alkyl or cyclic N) is 1. The zero-order valence-corrected chi connectivity index (χ0v) is 11.1. The molecule has 2 unspecified atom stereocenters. The van der Waals surface area contributed by atoms with Gasteiger partial charge in [-0.25, -0.2) is 0 Å². The standard InChI is InChI=1S/C13H24N2O3/c1-18-13(17)11-6-12(14-7-10-2-3-10)9-15(8-11)4-5-16/h10-12,14,16H,2-9H2,1H3. The fraction of sp³-hybridized carbons (Fsp3) is 0.923. The average molecular weight is 256 g/mol. The fourth-order valence-electron chi connectivity index (χ4n) is 2.66. The number of carbonyl (C=O) groups is 1. The van der Waals surface area contributed by atoms with Crippen LogP contribution < -0.4 is 5.32 Å². The summed E-state index contributed by atoms with van der Waals surface area (Å²) in [5.74, 6) is 0.651. The molecule has 1 heterocycles. The van der Waals surface area contributed by atoms with E-state index in [1.54, 1.807) is 0 Å². The zero-order valence-electron chi connectivity index (χ0n) is 11.1. The molecule has 2 rings (SSSR count). The number of nitrogens with one attached hydrogen (secondary N) is 1. The van der Waals surface area contributed by atoms with Gasteiger partial charge in [0.15, 0.2) is 0 Å². The second-order valence-electron chi connectivity index (χ2n) is 5.49. The smallest absolute Gasteiger partial charge is 0.310 e. The van der Waals surface area contributed by atoms with Gasteiger partial charge in [0.1, 0.15) is 0 Å². The molecule has 0 bridgehead atoms. The van der Waals surface area contributed by atoms with Crippen molar-refractivity contribution in [2.75, 3.05) is 39.9 Å². The third kappa shape index (κ3) is 3.93. The van der Waals surface area contributed by atoms with Crippen LogP contribution in [0.4, 0.5) is 0 Å². The van der Waals surface area contributed by atoms with Crippen molar-refractivity contribution in [2.24, 2.45) is 11.8 Å². The van der Waals surface area contributed by atoms with Crippen LogP contribution in [-0.2, 0) is 9.53 Å². The molecule has 5 nitrogen and oxygen atoms in total. The van der Waals surface area contributed by atoms with Crippen LogP contribution in [0.5, 0.6) is 0 Å². The van der Waals surface area contributed by atoms with Crippen LogP contribution in [0, 0.1) is 11.8 Å². The molecular formula is C13H24N2O3. The molecular weight excluding hydrogens is 232 g/mol. The van der Waals surface area contributed by atoms with E-state index in [0.29, 0.717) is 19.1 Å². The number of aliphatic hydroxyl groups excluding tert-OH is 1. The Morgan fingerprint density at radius 3 is 2.83 bits per heavy atom. The third-order valence-electron chi connectivity index (χ3n) is 3.87. The summed E-state index contributed by atoms with van der Waals surface area (Å²) in [4.78, 5) is 13.8. The minimum atomic E-state index is -0.129. The van der Waals surface area contributed by atoms with Crippen molar-refractivity contribution in [3.63, 3.8) is 0 Å². The summed E-state index contributed by atoms with van der Waals surface area (Å²) in [6.07, 6.45) is 3.52. The summed E-state index contributed by atoms with van der Waals surface area (Å²) in [5.41, 5.74) is 0. The molecule has 5 heteroatoms. The summed E-state index contributed by atoms with van der Waals surface area (Å²) < 4.78 is 4.85. The first-order valence-corrected chi connectivity index (χ1v) is 6.87. The van der Waals surface area contributed by atoms with Gasteiger partial charge in [-0.05, 0) is 31.7 Å². The van der Waals surface area contributed by atoms with Crippen molar-refractivity contribution in [2.45, 2.75) is 25.3 Å². The van der Waals surface area contributed by atoms with Crippen LogP contribution in [0.15, 0.2) is 0 Å². The topological polar surface area (TPSA) is 61.8 Å². The van der Waals surface area contributed by atoms with Gasteiger partial charge >= 0.3 is 5.97 Å². The van der Waals surface area contributed by atoms with Crippen LogP contribution in [0.25, 0.3) is 0 Å². The minimum absolute atomic E-state index is 0.0630. The van der Waals surface area contributed by atoms with Gasteiger partial charge in [-0.15, -0.1) is 0 Å². The molecule has 0 amide bonds. The molecule has 2 atom stereocenters. The van der Waals surface area contributed by atoms with E-state index in [1.807, 2.05) is 0 Å². The molecule has 0 aromatic rings. The summed E-state index contributed by atoms with van der Waals surface area (Å²) in [5, 5.41) is 12.6. The highest BCUT2D eigenvalue weighted by molar-refractivity contribution is 5.72. The van der Waals surface area contributed by atoms with E-state index in [0.717, 1.165) is 25.4 Å². The van der Waals surface area contributed by atoms with E-state index < -0.39 is 0 Å². The lowest BCUT2D eigenvalue weighted by molar-refractivity contribution is -0.147. The molecule has 0 aromatic heterocycles. The Hall–Kier alpha value is -0.650. The Morgan fingerprint density at radius 1 is 1.44 bits per heavy atom. The van der Waals surface area contributed by atoms with Crippen molar-refractivity contribution in [1.82, 2.24) is 10.2 Å². The van der Waals surface area contributed by atoms with Crippen molar-refractivity contribution in [3.05, 3.63) is 0 Å². The zero-order chi connectivity index (χ0) is 13.0. The number of piperidine rings is 1. The van der Waals surface area contributed by atoms with Crippen molar-refractivity contribution >= 4 is 5.97 Å². The molecule has 2 aliphatic rings. The predicted octanol–water partition coefficient (Wildman–Crippen LogP) is -0.158. The molecule has 18 heavy (non-hydrogen) atoms. The number of esters is 1. The van der Waals surface area contributed by atoms with Gasteiger partial charge in [-0.1, -0.05) is 0 Å². The number of carbonyl (C=O) groups excluding carboxylic acids is 1. The normalized spacial score (nSPS) is 29.2.